The van der Waals surface area contributed by atoms with Crippen molar-refractivity contribution in [2.45, 2.75) is 26.8 Å². The van der Waals surface area contributed by atoms with Crippen molar-refractivity contribution in [1.29, 1.82) is 0 Å². The van der Waals surface area contributed by atoms with Gasteiger partial charge in [-0.3, -0.25) is 4.90 Å². The average Bonchev–Trinajstić information content (AvgIpc) is 2.63. The molecule has 0 amide bonds. The second kappa shape index (κ2) is 7.70. The lowest BCUT2D eigenvalue weighted by molar-refractivity contribution is -0.139. The molecule has 1 heterocycles. The van der Waals surface area contributed by atoms with E-state index in [1.165, 1.54) is 5.56 Å². The highest BCUT2D eigenvalue weighted by Gasteiger charge is 2.35. The lowest BCUT2D eigenvalue weighted by atomic mass is 9.95. The minimum Gasteiger partial charge on any atom is -0.463 e. The Morgan fingerprint density at radius 1 is 1.12 bits per heavy atom. The zero-order valence-electron chi connectivity index (χ0n) is 15.2. The maximum absolute atomic E-state index is 12.7. The number of rotatable bonds is 4. The summed E-state index contributed by atoms with van der Waals surface area (Å²) in [7, 11) is 0. The molecule has 0 aromatic heterocycles. The number of hydrogen-bond donors (Lipinski definition) is 1. The Bertz CT molecular complexity index is 844. The zero-order chi connectivity index (χ0) is 18.7. The smallest absolute Gasteiger partial charge is 0.338 e. The molecular formula is C21H22N2O2S. The van der Waals surface area contributed by atoms with Crippen LogP contribution in [0.2, 0.25) is 0 Å². The van der Waals surface area contributed by atoms with E-state index in [0.29, 0.717) is 17.3 Å². The van der Waals surface area contributed by atoms with Gasteiger partial charge in [-0.2, -0.15) is 0 Å². The van der Waals surface area contributed by atoms with Gasteiger partial charge in [0.15, 0.2) is 5.11 Å². The fourth-order valence-electron chi connectivity index (χ4n) is 3.12. The largest absolute Gasteiger partial charge is 0.463 e. The number of allylic oxidation sites excluding steroid dienone is 1. The van der Waals surface area contributed by atoms with Crippen LogP contribution in [0.25, 0.3) is 0 Å². The van der Waals surface area contributed by atoms with Gasteiger partial charge in [0, 0.05) is 11.4 Å². The van der Waals surface area contributed by atoms with Gasteiger partial charge in [0.25, 0.3) is 0 Å². The van der Waals surface area contributed by atoms with Gasteiger partial charge in [0.1, 0.15) is 0 Å². The summed E-state index contributed by atoms with van der Waals surface area (Å²) >= 11 is 5.63. The van der Waals surface area contributed by atoms with E-state index in [9.17, 15) is 4.79 Å². The normalized spacial score (nSPS) is 17.1. The molecule has 0 fully saturated rings. The maximum atomic E-state index is 12.7. The summed E-state index contributed by atoms with van der Waals surface area (Å²) in [6.07, 6.45) is 0. The van der Waals surface area contributed by atoms with E-state index in [1.54, 1.807) is 0 Å². The van der Waals surface area contributed by atoms with Crippen LogP contribution in [-0.4, -0.2) is 17.7 Å². The highest BCUT2D eigenvalue weighted by Crippen LogP contribution is 2.34. The van der Waals surface area contributed by atoms with Crippen molar-refractivity contribution in [3.8, 4) is 0 Å². The van der Waals surface area contributed by atoms with Crippen LogP contribution in [0.5, 0.6) is 0 Å². The number of anilines is 1. The number of aryl methyl sites for hydroxylation is 1. The minimum absolute atomic E-state index is 0.325. The number of nitrogens with one attached hydrogen (secondary N) is 1. The Labute approximate surface area is 159 Å². The molecule has 1 N–H and O–H groups in total. The molecule has 0 radical (unpaired) electrons. The first-order valence-electron chi connectivity index (χ1n) is 8.63. The fraction of sp³-hybridized carbons (Fsp3) is 0.238. The van der Waals surface area contributed by atoms with E-state index in [0.717, 1.165) is 16.9 Å². The number of esters is 1. The molecule has 3 rings (SSSR count). The van der Waals surface area contributed by atoms with Gasteiger partial charge in [-0.25, -0.2) is 4.79 Å². The maximum Gasteiger partial charge on any atom is 0.338 e. The van der Waals surface area contributed by atoms with Crippen LogP contribution in [0.4, 0.5) is 5.69 Å². The summed E-state index contributed by atoms with van der Waals surface area (Å²) in [5, 5.41) is 3.88. The van der Waals surface area contributed by atoms with Gasteiger partial charge in [-0.1, -0.05) is 48.0 Å². The second-order valence-electron chi connectivity index (χ2n) is 6.18. The van der Waals surface area contributed by atoms with Gasteiger partial charge >= 0.3 is 5.97 Å². The van der Waals surface area contributed by atoms with Gasteiger partial charge in [-0.15, -0.1) is 0 Å². The summed E-state index contributed by atoms with van der Waals surface area (Å²) in [5.41, 5.74) is 4.41. The summed E-state index contributed by atoms with van der Waals surface area (Å²) in [4.78, 5) is 14.6. The molecular weight excluding hydrogens is 344 g/mol. The molecule has 1 aliphatic heterocycles. The highest BCUT2D eigenvalue weighted by atomic mass is 32.1. The quantitative estimate of drug-likeness (QED) is 0.647. The Hall–Kier alpha value is -2.66. The molecule has 1 aliphatic rings. The van der Waals surface area contributed by atoms with Crippen molar-refractivity contribution in [3.63, 3.8) is 0 Å². The fourth-order valence-corrected chi connectivity index (χ4v) is 3.48. The van der Waals surface area contributed by atoms with Crippen molar-refractivity contribution in [1.82, 2.24) is 5.32 Å². The van der Waals surface area contributed by atoms with Gasteiger partial charge in [0.2, 0.25) is 0 Å². The first-order valence-corrected chi connectivity index (χ1v) is 9.04. The van der Waals surface area contributed by atoms with Crippen LogP contribution in [0, 0.1) is 6.92 Å². The molecule has 134 valence electrons. The lowest BCUT2D eigenvalue weighted by Gasteiger charge is -2.37. The molecule has 0 spiro atoms. The third-order valence-electron chi connectivity index (χ3n) is 4.41. The topological polar surface area (TPSA) is 41.6 Å². The third kappa shape index (κ3) is 3.48. The molecule has 26 heavy (non-hydrogen) atoms. The summed E-state index contributed by atoms with van der Waals surface area (Å²) in [5.74, 6) is -0.328. The summed E-state index contributed by atoms with van der Waals surface area (Å²) < 4.78 is 5.34. The second-order valence-corrected chi connectivity index (χ2v) is 6.57. The van der Waals surface area contributed by atoms with Crippen molar-refractivity contribution in [2.75, 3.05) is 11.5 Å². The minimum atomic E-state index is -0.329. The zero-order valence-corrected chi connectivity index (χ0v) is 16.0. The SMILES string of the molecule is CCOC(=O)C1=C(C)N(c2ccc(C)cc2)C(=S)N[C@@H]1c1ccccc1. The number of carbonyl (C=O) groups excluding carboxylic acids is 1. The van der Waals surface area contributed by atoms with Crippen molar-refractivity contribution >= 4 is 29.0 Å². The van der Waals surface area contributed by atoms with Crippen molar-refractivity contribution < 1.29 is 9.53 Å². The van der Waals surface area contributed by atoms with Crippen molar-refractivity contribution in [2.24, 2.45) is 0 Å². The number of benzene rings is 2. The van der Waals surface area contributed by atoms with Crippen molar-refractivity contribution in [3.05, 3.63) is 77.0 Å². The standard InChI is InChI=1S/C21H22N2O2S/c1-4-25-20(24)18-15(3)23(17-12-10-14(2)11-13-17)21(26)22-19(18)16-8-6-5-7-9-16/h5-13,19H,4H2,1-3H3,(H,22,26)/t19-/m1/s1. The van der Waals surface area contributed by atoms with Crippen LogP contribution in [0.15, 0.2) is 65.9 Å². The molecule has 1 atom stereocenters. The van der Waals surface area contributed by atoms with Crippen LogP contribution < -0.4 is 10.2 Å². The molecule has 0 aliphatic carbocycles. The lowest BCUT2D eigenvalue weighted by Crippen LogP contribution is -2.48. The third-order valence-corrected chi connectivity index (χ3v) is 4.71. The van der Waals surface area contributed by atoms with E-state index in [-0.39, 0.29) is 12.0 Å². The monoisotopic (exact) mass is 366 g/mol. The Morgan fingerprint density at radius 3 is 2.38 bits per heavy atom. The molecule has 0 bridgehead atoms. The molecule has 0 saturated carbocycles. The van der Waals surface area contributed by atoms with Gasteiger partial charge in [0.05, 0.1) is 18.2 Å². The predicted octanol–water partition coefficient (Wildman–Crippen LogP) is 4.27. The van der Waals surface area contributed by atoms with Crippen LogP contribution >= 0.6 is 12.2 Å². The molecule has 0 saturated heterocycles. The van der Waals surface area contributed by atoms with E-state index in [2.05, 4.69) is 5.32 Å². The predicted molar refractivity (Wildman–Crippen MR) is 108 cm³/mol. The van der Waals surface area contributed by atoms with Gasteiger partial charge < -0.3 is 10.1 Å². The van der Waals surface area contributed by atoms with Crippen LogP contribution in [0.1, 0.15) is 31.0 Å². The summed E-state index contributed by atoms with van der Waals surface area (Å²) in [6.45, 7) is 6.08. The van der Waals surface area contributed by atoms with Crippen LogP contribution in [0.3, 0.4) is 0 Å². The van der Waals surface area contributed by atoms with E-state index >= 15 is 0 Å². The molecule has 4 nitrogen and oxygen atoms in total. The molecule has 5 heteroatoms. The average molecular weight is 366 g/mol. The summed E-state index contributed by atoms with van der Waals surface area (Å²) in [6, 6.07) is 17.5. The Kier molecular flexibility index (Phi) is 5.38. The Balaban J connectivity index is 2.11. The first-order chi connectivity index (χ1) is 12.5. The molecule has 2 aromatic carbocycles. The number of thiocarbonyl (C=S) groups is 1. The number of hydrogen-bond acceptors (Lipinski definition) is 3. The van der Waals surface area contributed by atoms with Gasteiger partial charge in [-0.05, 0) is 50.7 Å². The number of ether oxygens (including phenoxy) is 1. The number of nitrogens with zero attached hydrogens (tertiary/aromatic N) is 1. The first kappa shape index (κ1) is 18.1. The van der Waals surface area contributed by atoms with E-state index < -0.39 is 0 Å². The molecule has 0 unspecified atom stereocenters. The highest BCUT2D eigenvalue weighted by molar-refractivity contribution is 7.80. The van der Waals surface area contributed by atoms with Crippen LogP contribution in [-0.2, 0) is 9.53 Å². The Morgan fingerprint density at radius 2 is 1.77 bits per heavy atom. The van der Waals surface area contributed by atoms with E-state index in [1.807, 2.05) is 80.3 Å². The molecule has 2 aromatic rings. The number of carbonyl (C=O) groups is 1. The van der Waals surface area contributed by atoms with E-state index in [4.69, 9.17) is 17.0 Å².